The highest BCUT2D eigenvalue weighted by atomic mass is 35.5. The molecule has 0 radical (unpaired) electrons. The Morgan fingerprint density at radius 3 is 2.75 bits per heavy atom. The monoisotopic (exact) mass is 352 g/mol. The molecule has 0 bridgehead atoms. The Labute approximate surface area is 147 Å². The summed E-state index contributed by atoms with van der Waals surface area (Å²) >= 11 is 0. The smallest absolute Gasteiger partial charge is 0.228 e. The molecule has 130 valence electrons. The predicted molar refractivity (Wildman–Crippen MR) is 94.5 cm³/mol. The Bertz CT molecular complexity index is 725. The first-order valence-electron chi connectivity index (χ1n) is 7.89. The second-order valence-corrected chi connectivity index (χ2v) is 6.04. The van der Waals surface area contributed by atoms with E-state index in [1.54, 1.807) is 16.8 Å². The fourth-order valence-electron chi connectivity index (χ4n) is 2.95. The number of benzene rings is 1. The van der Waals surface area contributed by atoms with Gasteiger partial charge in [0.25, 0.3) is 0 Å². The van der Waals surface area contributed by atoms with Crippen molar-refractivity contribution in [2.45, 2.75) is 26.7 Å². The van der Waals surface area contributed by atoms with E-state index in [1.165, 1.54) is 6.07 Å². The minimum atomic E-state index is -0.407. The van der Waals surface area contributed by atoms with E-state index in [4.69, 9.17) is 0 Å². The van der Waals surface area contributed by atoms with Gasteiger partial charge >= 0.3 is 0 Å². The number of amides is 1. The molecule has 2 heterocycles. The lowest BCUT2D eigenvalue weighted by atomic mass is 9.99. The average Bonchev–Trinajstić information content (AvgIpc) is 2.87. The van der Waals surface area contributed by atoms with Crippen LogP contribution in [0.3, 0.4) is 0 Å². The van der Waals surface area contributed by atoms with Crippen molar-refractivity contribution in [3.63, 3.8) is 0 Å². The van der Waals surface area contributed by atoms with E-state index in [1.807, 2.05) is 19.9 Å². The number of anilines is 1. The van der Waals surface area contributed by atoms with Crippen LogP contribution in [0, 0.1) is 25.6 Å². The maximum atomic E-state index is 14.4. The molecule has 1 aromatic heterocycles. The molecule has 1 aliphatic rings. The van der Waals surface area contributed by atoms with Crippen LogP contribution in [0.2, 0.25) is 0 Å². The average molecular weight is 353 g/mol. The Kier molecular flexibility index (Phi) is 5.96. The van der Waals surface area contributed by atoms with Crippen molar-refractivity contribution in [3.05, 3.63) is 41.5 Å². The highest BCUT2D eigenvalue weighted by Crippen LogP contribution is 2.21. The first-order valence-corrected chi connectivity index (χ1v) is 7.89. The first-order chi connectivity index (χ1) is 11.0. The molecule has 1 aromatic carbocycles. The van der Waals surface area contributed by atoms with Crippen LogP contribution in [0.5, 0.6) is 0 Å². The predicted octanol–water partition coefficient (Wildman–Crippen LogP) is 2.99. The van der Waals surface area contributed by atoms with Crippen LogP contribution >= 0.6 is 12.4 Å². The lowest BCUT2D eigenvalue weighted by Crippen LogP contribution is -2.37. The van der Waals surface area contributed by atoms with E-state index < -0.39 is 5.82 Å². The number of aromatic nitrogens is 2. The van der Waals surface area contributed by atoms with E-state index in [0.29, 0.717) is 17.9 Å². The van der Waals surface area contributed by atoms with Crippen LogP contribution in [-0.4, -0.2) is 28.8 Å². The molecule has 1 unspecified atom stereocenters. The minimum absolute atomic E-state index is 0. The van der Waals surface area contributed by atoms with Gasteiger partial charge in [0.15, 0.2) is 5.82 Å². The molecule has 1 atom stereocenters. The first kappa shape index (κ1) is 18.4. The number of nitrogens with zero attached hydrogens (tertiary/aromatic N) is 2. The molecule has 24 heavy (non-hydrogen) atoms. The highest BCUT2D eigenvalue weighted by molar-refractivity contribution is 5.92. The summed E-state index contributed by atoms with van der Waals surface area (Å²) in [5, 5.41) is 10.3. The molecule has 1 fully saturated rings. The number of carbonyl (C=O) groups is 1. The number of hydrogen-bond acceptors (Lipinski definition) is 3. The molecule has 1 aliphatic heterocycles. The van der Waals surface area contributed by atoms with E-state index in [2.05, 4.69) is 15.7 Å². The van der Waals surface area contributed by atoms with Crippen molar-refractivity contribution < 1.29 is 9.18 Å². The third kappa shape index (κ3) is 3.94. The molecule has 7 heteroatoms. The quantitative estimate of drug-likeness (QED) is 0.892. The number of rotatable bonds is 3. The minimum Gasteiger partial charge on any atom is -0.326 e. The van der Waals surface area contributed by atoms with Gasteiger partial charge in [-0.2, -0.15) is 5.10 Å². The molecule has 1 saturated heterocycles. The van der Waals surface area contributed by atoms with Gasteiger partial charge in [0.2, 0.25) is 5.91 Å². The topological polar surface area (TPSA) is 59.0 Å². The standard InChI is InChI=1S/C17H21FN4O.ClH/c1-11-8-12(2)22(21-11)16-6-5-14(9-15(16)18)20-17(23)13-4-3-7-19-10-13;/h5-6,8-9,13,19H,3-4,7,10H2,1-2H3,(H,20,23);1H. The van der Waals surface area contributed by atoms with Crippen LogP contribution in [0.25, 0.3) is 5.69 Å². The number of hydrogen-bond donors (Lipinski definition) is 2. The lowest BCUT2D eigenvalue weighted by molar-refractivity contribution is -0.120. The molecule has 3 rings (SSSR count). The lowest BCUT2D eigenvalue weighted by Gasteiger charge is -2.22. The van der Waals surface area contributed by atoms with Gasteiger partial charge in [-0.1, -0.05) is 0 Å². The molecule has 5 nitrogen and oxygen atoms in total. The molecule has 2 N–H and O–H groups in total. The van der Waals surface area contributed by atoms with Gasteiger partial charge in [0.1, 0.15) is 5.69 Å². The molecule has 2 aromatic rings. The van der Waals surface area contributed by atoms with Gasteiger partial charge in [0.05, 0.1) is 11.6 Å². The zero-order chi connectivity index (χ0) is 16.4. The van der Waals surface area contributed by atoms with E-state index in [9.17, 15) is 9.18 Å². The van der Waals surface area contributed by atoms with Crippen molar-refractivity contribution in [2.24, 2.45) is 5.92 Å². The second kappa shape index (κ2) is 7.77. The summed E-state index contributed by atoms with van der Waals surface area (Å²) in [6.45, 7) is 5.38. The zero-order valence-electron chi connectivity index (χ0n) is 13.8. The van der Waals surface area contributed by atoms with Crippen LogP contribution in [0.15, 0.2) is 24.3 Å². The Balaban J connectivity index is 0.00000208. The number of halogens is 2. The van der Waals surface area contributed by atoms with Crippen molar-refractivity contribution in [1.82, 2.24) is 15.1 Å². The Morgan fingerprint density at radius 2 is 2.17 bits per heavy atom. The summed E-state index contributed by atoms with van der Waals surface area (Å²) in [5.41, 5.74) is 2.56. The van der Waals surface area contributed by atoms with E-state index in [0.717, 1.165) is 30.8 Å². The maximum Gasteiger partial charge on any atom is 0.228 e. The summed E-state index contributed by atoms with van der Waals surface area (Å²) in [6.07, 6.45) is 1.86. The summed E-state index contributed by atoms with van der Waals surface area (Å²) in [7, 11) is 0. The van der Waals surface area contributed by atoms with Gasteiger partial charge in [-0.15, -0.1) is 12.4 Å². The summed E-state index contributed by atoms with van der Waals surface area (Å²) in [5.74, 6) is -0.520. The van der Waals surface area contributed by atoms with Crippen LogP contribution in [0.1, 0.15) is 24.2 Å². The summed E-state index contributed by atoms with van der Waals surface area (Å²) in [6, 6.07) is 6.59. The molecule has 0 aliphatic carbocycles. The third-order valence-electron chi connectivity index (χ3n) is 4.12. The van der Waals surface area contributed by atoms with Crippen molar-refractivity contribution in [1.29, 1.82) is 0 Å². The number of aryl methyl sites for hydroxylation is 2. The second-order valence-electron chi connectivity index (χ2n) is 6.04. The van der Waals surface area contributed by atoms with Gasteiger partial charge in [0, 0.05) is 17.9 Å². The Hall–Kier alpha value is -1.92. The van der Waals surface area contributed by atoms with Crippen molar-refractivity contribution in [3.8, 4) is 5.69 Å². The number of nitrogens with one attached hydrogen (secondary N) is 2. The van der Waals surface area contributed by atoms with Crippen LogP contribution < -0.4 is 10.6 Å². The normalized spacial score (nSPS) is 17.2. The molecular formula is C17H22ClFN4O. The van der Waals surface area contributed by atoms with Gasteiger partial charge in [-0.25, -0.2) is 9.07 Å². The highest BCUT2D eigenvalue weighted by Gasteiger charge is 2.21. The molecule has 0 saturated carbocycles. The van der Waals surface area contributed by atoms with Crippen molar-refractivity contribution in [2.75, 3.05) is 18.4 Å². The SMILES string of the molecule is Cc1cc(C)n(-c2ccc(NC(=O)C3CCCNC3)cc2F)n1.Cl. The third-order valence-corrected chi connectivity index (χ3v) is 4.12. The Morgan fingerprint density at radius 1 is 1.38 bits per heavy atom. The van der Waals surface area contributed by atoms with Crippen molar-refractivity contribution >= 4 is 24.0 Å². The molecule has 0 spiro atoms. The van der Waals surface area contributed by atoms with E-state index >= 15 is 0 Å². The summed E-state index contributed by atoms with van der Waals surface area (Å²) in [4.78, 5) is 12.2. The van der Waals surface area contributed by atoms with Crippen LogP contribution in [0.4, 0.5) is 10.1 Å². The fourth-order valence-corrected chi connectivity index (χ4v) is 2.95. The van der Waals surface area contributed by atoms with Gasteiger partial charge < -0.3 is 10.6 Å². The number of carbonyl (C=O) groups excluding carboxylic acids is 1. The largest absolute Gasteiger partial charge is 0.326 e. The molecule has 1 amide bonds. The van der Waals surface area contributed by atoms with Gasteiger partial charge in [-0.05, 0) is 57.5 Å². The zero-order valence-corrected chi connectivity index (χ0v) is 14.6. The summed E-state index contributed by atoms with van der Waals surface area (Å²) < 4.78 is 16.0. The number of piperidine rings is 1. The fraction of sp³-hybridized carbons (Fsp3) is 0.412. The molecular weight excluding hydrogens is 331 g/mol. The van der Waals surface area contributed by atoms with Gasteiger partial charge in [-0.3, -0.25) is 4.79 Å². The maximum absolute atomic E-state index is 14.4. The van der Waals surface area contributed by atoms with Crippen LogP contribution in [-0.2, 0) is 4.79 Å². The van der Waals surface area contributed by atoms with E-state index in [-0.39, 0.29) is 24.2 Å².